The van der Waals surface area contributed by atoms with Gasteiger partial charge < -0.3 is 10.5 Å². The van der Waals surface area contributed by atoms with Crippen molar-refractivity contribution in [3.63, 3.8) is 0 Å². The van der Waals surface area contributed by atoms with Crippen molar-refractivity contribution in [3.05, 3.63) is 29.6 Å². The van der Waals surface area contributed by atoms with Gasteiger partial charge in [-0.2, -0.15) is 0 Å². The molecule has 0 atom stereocenters. The van der Waals surface area contributed by atoms with Crippen molar-refractivity contribution in [2.45, 2.75) is 25.4 Å². The lowest BCUT2D eigenvalue weighted by Gasteiger charge is -2.31. The van der Waals surface area contributed by atoms with E-state index < -0.39 is 0 Å². The van der Waals surface area contributed by atoms with Crippen LogP contribution in [0.2, 0.25) is 0 Å². The second-order valence-corrected chi connectivity index (χ2v) is 4.61. The first-order valence-electron chi connectivity index (χ1n) is 5.98. The Balaban J connectivity index is 1.99. The predicted molar refractivity (Wildman–Crippen MR) is 66.1 cm³/mol. The minimum Gasteiger partial charge on any atom is -0.399 e. The van der Waals surface area contributed by atoms with Gasteiger partial charge in [0.2, 0.25) is 0 Å². The molecule has 1 heterocycles. The summed E-state index contributed by atoms with van der Waals surface area (Å²) in [6.45, 7) is 2.23. The Bertz CT molecular complexity index is 378. The number of nitrogens with zero attached hydrogens (tertiary/aromatic N) is 1. The molecule has 4 heteroatoms. The molecule has 0 aromatic heterocycles. The molecule has 0 spiro atoms. The fraction of sp³-hybridized carbons (Fsp3) is 0.538. The van der Waals surface area contributed by atoms with E-state index in [4.69, 9.17) is 10.5 Å². The third-order valence-corrected chi connectivity index (χ3v) is 3.31. The fourth-order valence-electron chi connectivity index (χ4n) is 2.22. The monoisotopic (exact) mass is 238 g/mol. The third-order valence-electron chi connectivity index (χ3n) is 3.31. The molecule has 1 fully saturated rings. The Morgan fingerprint density at radius 2 is 2.12 bits per heavy atom. The topological polar surface area (TPSA) is 38.5 Å². The molecular formula is C13H19FN2O. The molecule has 3 nitrogen and oxygen atoms in total. The van der Waals surface area contributed by atoms with Crippen LogP contribution in [-0.2, 0) is 11.3 Å². The van der Waals surface area contributed by atoms with Crippen molar-refractivity contribution >= 4 is 5.69 Å². The zero-order valence-electron chi connectivity index (χ0n) is 10.2. The first kappa shape index (κ1) is 12.3. The normalized spacial score (nSPS) is 17.6. The lowest BCUT2D eigenvalue weighted by molar-refractivity contribution is 0.0404. The Morgan fingerprint density at radius 1 is 1.41 bits per heavy atom. The van der Waals surface area contributed by atoms with E-state index in [0.29, 0.717) is 23.8 Å². The summed E-state index contributed by atoms with van der Waals surface area (Å²) in [5.74, 6) is -0.219. The molecule has 0 aliphatic carbocycles. The summed E-state index contributed by atoms with van der Waals surface area (Å²) in [6.07, 6.45) is 2.04. The van der Waals surface area contributed by atoms with Crippen LogP contribution in [-0.4, -0.2) is 31.2 Å². The highest BCUT2D eigenvalue weighted by molar-refractivity contribution is 5.40. The lowest BCUT2D eigenvalue weighted by Crippen LogP contribution is -2.36. The summed E-state index contributed by atoms with van der Waals surface area (Å²) in [7, 11) is 2.03. The van der Waals surface area contributed by atoms with Crippen LogP contribution in [0.15, 0.2) is 18.2 Å². The van der Waals surface area contributed by atoms with E-state index in [1.807, 2.05) is 7.05 Å². The van der Waals surface area contributed by atoms with Gasteiger partial charge in [-0.25, -0.2) is 4.39 Å². The maximum atomic E-state index is 13.6. The highest BCUT2D eigenvalue weighted by Gasteiger charge is 2.19. The van der Waals surface area contributed by atoms with Crippen molar-refractivity contribution in [1.82, 2.24) is 4.90 Å². The van der Waals surface area contributed by atoms with Crippen LogP contribution in [0.5, 0.6) is 0 Å². The van der Waals surface area contributed by atoms with Crippen molar-refractivity contribution in [2.75, 3.05) is 26.0 Å². The third kappa shape index (κ3) is 3.17. The predicted octanol–water partition coefficient (Wildman–Crippen LogP) is 2.02. The molecule has 0 unspecified atom stereocenters. The Hall–Kier alpha value is -1.13. The highest BCUT2D eigenvalue weighted by Crippen LogP contribution is 2.18. The van der Waals surface area contributed by atoms with Gasteiger partial charge in [0.1, 0.15) is 5.82 Å². The second-order valence-electron chi connectivity index (χ2n) is 4.61. The quantitative estimate of drug-likeness (QED) is 0.819. The zero-order valence-corrected chi connectivity index (χ0v) is 10.2. The minimum absolute atomic E-state index is 0.219. The van der Waals surface area contributed by atoms with Gasteiger partial charge in [-0.1, -0.05) is 6.07 Å². The van der Waals surface area contributed by atoms with Gasteiger partial charge in [0.15, 0.2) is 0 Å². The molecule has 1 aromatic carbocycles. The second kappa shape index (κ2) is 5.47. The average molecular weight is 238 g/mol. The molecule has 1 aromatic rings. The Kier molecular flexibility index (Phi) is 3.97. The van der Waals surface area contributed by atoms with Crippen LogP contribution < -0.4 is 5.73 Å². The molecule has 0 bridgehead atoms. The molecule has 1 saturated heterocycles. The Labute approximate surface area is 101 Å². The first-order chi connectivity index (χ1) is 8.16. The molecule has 17 heavy (non-hydrogen) atoms. The van der Waals surface area contributed by atoms with Gasteiger partial charge in [-0.3, -0.25) is 4.90 Å². The molecular weight excluding hydrogens is 219 g/mol. The summed E-state index contributed by atoms with van der Waals surface area (Å²) >= 11 is 0. The molecule has 2 rings (SSSR count). The van der Waals surface area contributed by atoms with E-state index >= 15 is 0 Å². The van der Waals surface area contributed by atoms with Gasteiger partial charge in [0.25, 0.3) is 0 Å². The summed E-state index contributed by atoms with van der Waals surface area (Å²) in [5.41, 5.74) is 6.71. The van der Waals surface area contributed by atoms with Crippen molar-refractivity contribution in [3.8, 4) is 0 Å². The van der Waals surface area contributed by atoms with E-state index in [0.717, 1.165) is 26.1 Å². The van der Waals surface area contributed by atoms with E-state index in [1.165, 1.54) is 6.07 Å². The van der Waals surface area contributed by atoms with Gasteiger partial charge >= 0.3 is 0 Å². The average Bonchev–Trinajstić information content (AvgIpc) is 2.34. The SMILES string of the molecule is CN(Cc1ccc(N)cc1F)C1CCOCC1. The molecule has 0 amide bonds. The number of nitrogen functional groups attached to an aromatic ring is 1. The summed E-state index contributed by atoms with van der Waals surface area (Å²) < 4.78 is 19.0. The first-order valence-corrected chi connectivity index (χ1v) is 5.98. The number of anilines is 1. The van der Waals surface area contributed by atoms with Crippen molar-refractivity contribution in [2.24, 2.45) is 0 Å². The molecule has 1 aliphatic rings. The van der Waals surface area contributed by atoms with E-state index in [1.54, 1.807) is 12.1 Å². The highest BCUT2D eigenvalue weighted by atomic mass is 19.1. The van der Waals surface area contributed by atoms with Crippen LogP contribution >= 0.6 is 0 Å². The van der Waals surface area contributed by atoms with Gasteiger partial charge in [0.05, 0.1) is 0 Å². The van der Waals surface area contributed by atoms with Gasteiger partial charge in [-0.15, -0.1) is 0 Å². The fourth-order valence-corrected chi connectivity index (χ4v) is 2.22. The Morgan fingerprint density at radius 3 is 2.76 bits per heavy atom. The van der Waals surface area contributed by atoms with Crippen LogP contribution in [0.25, 0.3) is 0 Å². The van der Waals surface area contributed by atoms with E-state index in [-0.39, 0.29) is 5.82 Å². The van der Waals surface area contributed by atoms with Gasteiger partial charge in [-0.05, 0) is 32.0 Å². The molecule has 94 valence electrons. The number of rotatable bonds is 3. The van der Waals surface area contributed by atoms with Crippen LogP contribution in [0.4, 0.5) is 10.1 Å². The zero-order chi connectivity index (χ0) is 12.3. The number of hydrogen-bond donors (Lipinski definition) is 1. The summed E-state index contributed by atoms with van der Waals surface area (Å²) in [5, 5.41) is 0. The maximum absolute atomic E-state index is 13.6. The van der Waals surface area contributed by atoms with Gasteiger partial charge in [0, 0.05) is 37.1 Å². The molecule has 0 saturated carbocycles. The largest absolute Gasteiger partial charge is 0.399 e. The van der Waals surface area contributed by atoms with Crippen molar-refractivity contribution in [1.29, 1.82) is 0 Å². The minimum atomic E-state index is -0.219. The lowest BCUT2D eigenvalue weighted by atomic mass is 10.1. The van der Waals surface area contributed by atoms with Crippen molar-refractivity contribution < 1.29 is 9.13 Å². The summed E-state index contributed by atoms with van der Waals surface area (Å²) in [6, 6.07) is 5.38. The number of hydrogen-bond acceptors (Lipinski definition) is 3. The van der Waals surface area contributed by atoms with E-state index in [9.17, 15) is 4.39 Å². The number of ether oxygens (including phenoxy) is 1. The molecule has 0 radical (unpaired) electrons. The number of nitrogens with two attached hydrogens (primary N) is 1. The smallest absolute Gasteiger partial charge is 0.129 e. The number of halogens is 1. The summed E-state index contributed by atoms with van der Waals surface area (Å²) in [4.78, 5) is 2.19. The maximum Gasteiger partial charge on any atom is 0.129 e. The molecule has 2 N–H and O–H groups in total. The number of benzene rings is 1. The standard InChI is InChI=1S/C13H19FN2O/c1-16(12-4-6-17-7-5-12)9-10-2-3-11(15)8-13(10)14/h2-3,8,12H,4-7,9,15H2,1H3. The van der Waals surface area contributed by atoms with Crippen LogP contribution in [0.1, 0.15) is 18.4 Å². The van der Waals surface area contributed by atoms with E-state index in [2.05, 4.69) is 4.90 Å². The molecule has 1 aliphatic heterocycles. The van der Waals surface area contributed by atoms with Crippen LogP contribution in [0, 0.1) is 5.82 Å². The van der Waals surface area contributed by atoms with Crippen LogP contribution in [0.3, 0.4) is 0 Å².